The number of hydrogen-bond donors (Lipinski definition) is 1. The second-order valence-corrected chi connectivity index (χ2v) is 5.16. The molecule has 6 heteroatoms. The summed E-state index contributed by atoms with van der Waals surface area (Å²) in [4.78, 5) is 0. The molecule has 0 aliphatic heterocycles. The Morgan fingerprint density at radius 3 is 2.50 bits per heavy atom. The van der Waals surface area contributed by atoms with Crippen LogP contribution in [0, 0.1) is 0 Å². The number of aromatic nitrogens is 1. The number of rotatable bonds is 6. The van der Waals surface area contributed by atoms with E-state index in [-0.39, 0.29) is 12.3 Å². The van der Waals surface area contributed by atoms with Crippen molar-refractivity contribution in [3.63, 3.8) is 0 Å². The fourth-order valence-electron chi connectivity index (χ4n) is 1.25. The number of aryl methyl sites for hydroxylation is 1. The van der Waals surface area contributed by atoms with Crippen LogP contribution in [0.15, 0.2) is 24.5 Å². The Morgan fingerprint density at radius 2 is 1.94 bits per heavy atom. The third-order valence-corrected chi connectivity index (χ3v) is 2.87. The van der Waals surface area contributed by atoms with E-state index in [0.29, 0.717) is 6.54 Å². The topological polar surface area (TPSA) is 73.1 Å². The summed E-state index contributed by atoms with van der Waals surface area (Å²) < 4.78 is 32.9. The minimum atomic E-state index is -4.09. The first kappa shape index (κ1) is 13.1. The van der Waals surface area contributed by atoms with Crippen molar-refractivity contribution in [3.8, 4) is 0 Å². The second kappa shape index (κ2) is 5.93. The molecule has 16 heavy (non-hydrogen) atoms. The lowest BCUT2D eigenvalue weighted by Crippen LogP contribution is -2.27. The van der Waals surface area contributed by atoms with Crippen molar-refractivity contribution in [1.29, 1.82) is 0 Å². The van der Waals surface area contributed by atoms with Crippen molar-refractivity contribution in [3.05, 3.63) is 30.1 Å². The highest BCUT2D eigenvalue weighted by molar-refractivity contribution is 7.85. The van der Waals surface area contributed by atoms with E-state index >= 15 is 0 Å². The van der Waals surface area contributed by atoms with Crippen LogP contribution in [0.1, 0.15) is 5.56 Å². The molecule has 1 aromatic rings. The zero-order valence-corrected chi connectivity index (χ0v) is 10.0. The average molecular weight is 244 g/mol. The first-order valence-electron chi connectivity index (χ1n) is 5.06. The van der Waals surface area contributed by atoms with Gasteiger partial charge in [0.2, 0.25) is 0 Å². The summed E-state index contributed by atoms with van der Waals surface area (Å²) in [7, 11) is -2.15. The first-order valence-corrected chi connectivity index (χ1v) is 6.63. The van der Waals surface area contributed by atoms with Gasteiger partial charge >= 0.3 is 0 Å². The third-order valence-electron chi connectivity index (χ3n) is 2.17. The maximum Gasteiger partial charge on any atom is 0.168 e. The molecule has 0 saturated heterocycles. The molecule has 1 aromatic heterocycles. The van der Waals surface area contributed by atoms with Crippen LogP contribution in [0.5, 0.6) is 0 Å². The van der Waals surface area contributed by atoms with Crippen LogP contribution in [-0.2, 0) is 23.6 Å². The summed E-state index contributed by atoms with van der Waals surface area (Å²) in [6, 6.07) is 4.01. The van der Waals surface area contributed by atoms with Crippen LogP contribution in [0.2, 0.25) is 0 Å². The Labute approximate surface area is 95.9 Å². The molecule has 1 N–H and O–H groups in total. The standard InChI is InChI=1S/C10H16N2O3S/c1-12-7-3-10(4-8-12)2-5-11-6-9-16(13,14)15/h3-4,7-8,11H,2,5-6,9H2,1H3. The third kappa shape index (κ3) is 5.79. The van der Waals surface area contributed by atoms with Gasteiger partial charge in [0.1, 0.15) is 7.05 Å². The van der Waals surface area contributed by atoms with Gasteiger partial charge in [-0.3, -0.25) is 0 Å². The van der Waals surface area contributed by atoms with E-state index in [2.05, 4.69) is 5.32 Å². The van der Waals surface area contributed by atoms with Gasteiger partial charge in [-0.15, -0.1) is 0 Å². The number of pyridine rings is 1. The molecule has 5 nitrogen and oxygen atoms in total. The van der Waals surface area contributed by atoms with Crippen LogP contribution in [0.4, 0.5) is 0 Å². The van der Waals surface area contributed by atoms with Crippen LogP contribution >= 0.6 is 0 Å². The highest BCUT2D eigenvalue weighted by atomic mass is 32.2. The van der Waals surface area contributed by atoms with Crippen molar-refractivity contribution in [1.82, 2.24) is 5.32 Å². The fourth-order valence-corrected chi connectivity index (χ4v) is 1.65. The van der Waals surface area contributed by atoms with Crippen molar-refractivity contribution < 1.29 is 17.5 Å². The zero-order valence-electron chi connectivity index (χ0n) is 9.22. The van der Waals surface area contributed by atoms with Crippen LogP contribution in [0.25, 0.3) is 0 Å². The normalized spacial score (nSPS) is 11.6. The molecule has 0 aliphatic rings. The van der Waals surface area contributed by atoms with Gasteiger partial charge in [-0.2, -0.15) is 0 Å². The summed E-state index contributed by atoms with van der Waals surface area (Å²) >= 11 is 0. The molecule has 0 radical (unpaired) electrons. The zero-order chi connectivity index (χ0) is 12.0. The lowest BCUT2D eigenvalue weighted by atomic mass is 10.2. The van der Waals surface area contributed by atoms with Crippen molar-refractivity contribution in [2.24, 2.45) is 7.05 Å². The summed E-state index contributed by atoms with van der Waals surface area (Å²) in [5.41, 5.74) is 1.18. The molecule has 0 amide bonds. The maximum absolute atomic E-state index is 10.3. The van der Waals surface area contributed by atoms with Gasteiger partial charge in [0.25, 0.3) is 0 Å². The van der Waals surface area contributed by atoms with Gasteiger partial charge in [0.05, 0.1) is 15.9 Å². The Bertz CT molecular complexity index is 414. The molecule has 0 atom stereocenters. The SMILES string of the molecule is C[n+]1ccc(CCNCCS(=O)(=O)[O-])cc1. The molecular weight excluding hydrogens is 228 g/mol. The fraction of sp³-hybridized carbons (Fsp3) is 0.500. The molecule has 0 saturated carbocycles. The molecule has 0 fully saturated rings. The van der Waals surface area contributed by atoms with E-state index in [1.54, 1.807) is 0 Å². The highest BCUT2D eigenvalue weighted by Gasteiger charge is 1.97. The first-order chi connectivity index (χ1) is 7.47. The quantitative estimate of drug-likeness (QED) is 0.403. The van der Waals surface area contributed by atoms with E-state index < -0.39 is 10.1 Å². The molecule has 0 spiro atoms. The van der Waals surface area contributed by atoms with Gasteiger partial charge in [-0.05, 0) is 18.5 Å². The number of hydrogen-bond acceptors (Lipinski definition) is 4. The lowest BCUT2D eigenvalue weighted by Gasteiger charge is -2.07. The largest absolute Gasteiger partial charge is 0.748 e. The Morgan fingerprint density at radius 1 is 1.31 bits per heavy atom. The Balaban J connectivity index is 2.19. The van der Waals surface area contributed by atoms with Gasteiger partial charge < -0.3 is 9.87 Å². The Kier molecular flexibility index (Phi) is 4.85. The van der Waals surface area contributed by atoms with Crippen LogP contribution in [-0.4, -0.2) is 31.8 Å². The molecule has 1 rings (SSSR count). The molecule has 1 heterocycles. The minimum Gasteiger partial charge on any atom is -0.748 e. The van der Waals surface area contributed by atoms with E-state index in [4.69, 9.17) is 0 Å². The van der Waals surface area contributed by atoms with Crippen LogP contribution in [0.3, 0.4) is 0 Å². The van der Waals surface area contributed by atoms with E-state index in [1.165, 1.54) is 5.56 Å². The average Bonchev–Trinajstić information content (AvgIpc) is 2.19. The minimum absolute atomic E-state index is 0.215. The maximum atomic E-state index is 10.3. The predicted molar refractivity (Wildman–Crippen MR) is 58.8 cm³/mol. The van der Waals surface area contributed by atoms with Crippen molar-refractivity contribution in [2.45, 2.75) is 6.42 Å². The monoisotopic (exact) mass is 244 g/mol. The molecule has 0 aliphatic carbocycles. The Hall–Kier alpha value is -0.980. The van der Waals surface area contributed by atoms with E-state index in [1.807, 2.05) is 36.1 Å². The predicted octanol–water partition coefficient (Wildman–Crippen LogP) is -0.812. The lowest BCUT2D eigenvalue weighted by molar-refractivity contribution is -0.671. The molecule has 0 unspecified atom stereocenters. The molecule has 0 bridgehead atoms. The molecule has 90 valence electrons. The van der Waals surface area contributed by atoms with Crippen LogP contribution < -0.4 is 9.88 Å². The summed E-state index contributed by atoms with van der Waals surface area (Å²) in [5, 5.41) is 2.92. The molecule has 0 aromatic carbocycles. The van der Waals surface area contributed by atoms with Crippen molar-refractivity contribution >= 4 is 10.1 Å². The number of nitrogens with one attached hydrogen (secondary N) is 1. The summed E-state index contributed by atoms with van der Waals surface area (Å²) in [5.74, 6) is -0.350. The van der Waals surface area contributed by atoms with E-state index in [9.17, 15) is 13.0 Å². The van der Waals surface area contributed by atoms with E-state index in [0.717, 1.165) is 6.42 Å². The van der Waals surface area contributed by atoms with Gasteiger partial charge in [0.15, 0.2) is 12.4 Å². The summed E-state index contributed by atoms with van der Waals surface area (Å²) in [6.07, 6.45) is 4.73. The van der Waals surface area contributed by atoms with Gasteiger partial charge in [-0.25, -0.2) is 13.0 Å². The van der Waals surface area contributed by atoms with Gasteiger partial charge in [-0.1, -0.05) is 0 Å². The number of nitrogens with zero attached hydrogens (tertiary/aromatic N) is 1. The smallest absolute Gasteiger partial charge is 0.168 e. The summed E-state index contributed by atoms with van der Waals surface area (Å²) in [6.45, 7) is 0.885. The van der Waals surface area contributed by atoms with Gasteiger partial charge in [0, 0.05) is 18.7 Å². The highest BCUT2D eigenvalue weighted by Crippen LogP contribution is 1.94. The van der Waals surface area contributed by atoms with Crippen molar-refractivity contribution in [2.75, 3.05) is 18.8 Å². The molecular formula is C10H16N2O3S. The second-order valence-electron chi connectivity index (χ2n) is 3.63.